The van der Waals surface area contributed by atoms with E-state index in [9.17, 15) is 8.78 Å². The smallest absolute Gasteiger partial charge is 0.234 e. The molecule has 0 bridgehead atoms. The Morgan fingerprint density at radius 1 is 1.13 bits per heavy atom. The molecule has 0 aliphatic heterocycles. The quantitative estimate of drug-likeness (QED) is 0.682. The molecule has 7 heteroatoms. The summed E-state index contributed by atoms with van der Waals surface area (Å²) in [6.45, 7) is 0. The topological polar surface area (TPSA) is 43.1 Å². The van der Waals surface area contributed by atoms with E-state index < -0.39 is 11.8 Å². The number of imidazole rings is 1. The van der Waals surface area contributed by atoms with Crippen LogP contribution in [0.1, 0.15) is 18.4 Å². The van der Waals surface area contributed by atoms with Crippen LogP contribution in [0.25, 0.3) is 16.9 Å². The zero-order valence-electron chi connectivity index (χ0n) is 12.4. The highest BCUT2D eigenvalue weighted by molar-refractivity contribution is 7.98. The molecule has 0 unspecified atom stereocenters. The molecule has 0 amide bonds. The zero-order chi connectivity index (χ0) is 16.0. The van der Waals surface area contributed by atoms with Crippen LogP contribution in [0.5, 0.6) is 0 Å². The van der Waals surface area contributed by atoms with E-state index in [0.717, 1.165) is 11.1 Å². The van der Waals surface area contributed by atoms with Gasteiger partial charge in [0.15, 0.2) is 5.82 Å². The van der Waals surface area contributed by atoms with Crippen LogP contribution < -0.4 is 0 Å². The fourth-order valence-electron chi connectivity index (χ4n) is 2.79. The van der Waals surface area contributed by atoms with Gasteiger partial charge in [-0.1, -0.05) is 36.0 Å². The highest BCUT2D eigenvalue weighted by Gasteiger charge is 2.52. The number of alkyl halides is 2. The van der Waals surface area contributed by atoms with Crippen molar-refractivity contribution in [2.75, 3.05) is 6.26 Å². The molecule has 0 saturated heterocycles. The van der Waals surface area contributed by atoms with Crippen LogP contribution in [0.4, 0.5) is 8.78 Å². The third-order valence-electron chi connectivity index (χ3n) is 4.36. The fourth-order valence-corrected chi connectivity index (χ4v) is 3.12. The number of hydrogen-bond donors (Lipinski definition) is 0. The minimum atomic E-state index is -2.31. The molecule has 1 aliphatic carbocycles. The first-order chi connectivity index (χ1) is 11.1. The first kappa shape index (κ1) is 14.6. The third kappa shape index (κ3) is 2.30. The second kappa shape index (κ2) is 5.26. The largest absolute Gasteiger partial charge is 0.248 e. The monoisotopic (exact) mass is 332 g/mol. The van der Waals surface area contributed by atoms with Crippen LogP contribution in [0, 0.1) is 0 Å². The van der Waals surface area contributed by atoms with Gasteiger partial charge in [-0.05, 0) is 24.7 Å². The van der Waals surface area contributed by atoms with Gasteiger partial charge in [0.1, 0.15) is 5.52 Å². The van der Waals surface area contributed by atoms with Gasteiger partial charge in [-0.15, -0.1) is 5.10 Å². The Morgan fingerprint density at radius 3 is 2.43 bits per heavy atom. The van der Waals surface area contributed by atoms with Gasteiger partial charge in [0.25, 0.3) is 0 Å². The molecule has 2 heterocycles. The maximum atomic E-state index is 13.2. The molecule has 118 valence electrons. The second-order valence-corrected chi connectivity index (χ2v) is 6.47. The van der Waals surface area contributed by atoms with Crippen LogP contribution in [0.2, 0.25) is 0 Å². The summed E-state index contributed by atoms with van der Waals surface area (Å²) < 4.78 is 28.1. The predicted octanol–water partition coefficient (Wildman–Crippen LogP) is 3.81. The molecule has 0 atom stereocenters. The van der Waals surface area contributed by atoms with E-state index in [4.69, 9.17) is 0 Å². The lowest BCUT2D eigenvalue weighted by Crippen LogP contribution is -2.17. The lowest BCUT2D eigenvalue weighted by atomic mass is 9.95. The maximum absolute atomic E-state index is 13.2. The summed E-state index contributed by atoms with van der Waals surface area (Å²) in [5.41, 5.74) is 1.43. The molecule has 4 rings (SSSR count). The summed E-state index contributed by atoms with van der Waals surface area (Å²) in [5.74, 6) is 0.686. The standard InChI is InChI=1S/C16H14F2N4S/c1-23-15-20-9-12-8-19-13(22(12)21-15)10-2-4-11(5-3-10)16(6-7-16)14(17)18/h2-5,8-9,14H,6-7H2,1H3. The Balaban J connectivity index is 1.74. The molecule has 2 aromatic heterocycles. The summed E-state index contributed by atoms with van der Waals surface area (Å²) in [6, 6.07) is 7.25. The Hall–Kier alpha value is -2.02. The maximum Gasteiger partial charge on any atom is 0.248 e. The number of hydrogen-bond acceptors (Lipinski definition) is 4. The summed E-state index contributed by atoms with van der Waals surface area (Å²) in [4.78, 5) is 8.60. The molecule has 1 fully saturated rings. The van der Waals surface area contributed by atoms with Gasteiger partial charge in [-0.3, -0.25) is 0 Å². The average Bonchev–Trinajstić information content (AvgIpc) is 3.29. The highest BCUT2D eigenvalue weighted by Crippen LogP contribution is 2.52. The van der Waals surface area contributed by atoms with Crippen molar-refractivity contribution in [3.8, 4) is 11.4 Å². The molecule has 1 aliphatic rings. The van der Waals surface area contributed by atoms with Crippen molar-refractivity contribution >= 4 is 17.3 Å². The fraction of sp³-hybridized carbons (Fsp3) is 0.312. The summed E-state index contributed by atoms with van der Waals surface area (Å²) in [7, 11) is 0. The lowest BCUT2D eigenvalue weighted by molar-refractivity contribution is 0.102. The number of aromatic nitrogens is 4. The SMILES string of the molecule is CSc1ncc2cnc(-c3ccc(C4(C(F)F)CC4)cc3)n2n1. The number of thioether (sulfide) groups is 1. The van der Waals surface area contributed by atoms with Gasteiger partial charge < -0.3 is 0 Å². The van der Waals surface area contributed by atoms with Crippen molar-refractivity contribution in [1.82, 2.24) is 19.6 Å². The van der Waals surface area contributed by atoms with Crippen molar-refractivity contribution in [2.24, 2.45) is 0 Å². The third-order valence-corrected chi connectivity index (χ3v) is 4.92. The number of halogens is 2. The van der Waals surface area contributed by atoms with Crippen molar-refractivity contribution in [2.45, 2.75) is 29.8 Å². The first-order valence-electron chi connectivity index (χ1n) is 7.28. The molecule has 23 heavy (non-hydrogen) atoms. The molecule has 0 radical (unpaired) electrons. The van der Waals surface area contributed by atoms with E-state index in [0.29, 0.717) is 29.4 Å². The summed E-state index contributed by atoms with van der Waals surface area (Å²) in [5, 5.41) is 5.08. The number of fused-ring (bicyclic) bond motifs is 1. The molecule has 3 aromatic rings. The van der Waals surface area contributed by atoms with Gasteiger partial charge >= 0.3 is 0 Å². The lowest BCUT2D eigenvalue weighted by Gasteiger charge is -2.14. The van der Waals surface area contributed by atoms with Crippen LogP contribution in [0.3, 0.4) is 0 Å². The van der Waals surface area contributed by atoms with Crippen molar-refractivity contribution in [3.05, 3.63) is 42.2 Å². The highest BCUT2D eigenvalue weighted by atomic mass is 32.2. The molecule has 1 saturated carbocycles. The van der Waals surface area contributed by atoms with E-state index in [1.807, 2.05) is 18.4 Å². The Kier molecular flexibility index (Phi) is 3.33. The second-order valence-electron chi connectivity index (χ2n) is 5.70. The predicted molar refractivity (Wildman–Crippen MR) is 84.9 cm³/mol. The Labute approximate surface area is 136 Å². The van der Waals surface area contributed by atoms with E-state index in [2.05, 4.69) is 15.1 Å². The minimum absolute atomic E-state index is 0.556. The molecule has 1 aromatic carbocycles. The molecule has 0 N–H and O–H groups in total. The van der Waals surface area contributed by atoms with Crippen molar-refractivity contribution < 1.29 is 8.78 Å². The zero-order valence-corrected chi connectivity index (χ0v) is 13.2. The minimum Gasteiger partial charge on any atom is -0.234 e. The normalized spacial score (nSPS) is 16.2. The van der Waals surface area contributed by atoms with Gasteiger partial charge in [-0.2, -0.15) is 0 Å². The van der Waals surface area contributed by atoms with Crippen molar-refractivity contribution in [3.63, 3.8) is 0 Å². The number of nitrogens with zero attached hydrogens (tertiary/aromatic N) is 4. The number of rotatable bonds is 4. The Morgan fingerprint density at radius 2 is 1.83 bits per heavy atom. The summed E-state index contributed by atoms with van der Waals surface area (Å²) >= 11 is 1.45. The van der Waals surface area contributed by atoms with E-state index >= 15 is 0 Å². The average molecular weight is 332 g/mol. The molecule has 0 spiro atoms. The van der Waals surface area contributed by atoms with E-state index in [-0.39, 0.29) is 0 Å². The molecular formula is C16H14F2N4S. The van der Waals surface area contributed by atoms with E-state index in [1.54, 1.807) is 29.0 Å². The van der Waals surface area contributed by atoms with Crippen molar-refractivity contribution in [1.29, 1.82) is 0 Å². The molecule has 4 nitrogen and oxygen atoms in total. The van der Waals surface area contributed by atoms with Crippen LogP contribution in [-0.4, -0.2) is 32.3 Å². The number of benzene rings is 1. The molecular weight excluding hydrogens is 318 g/mol. The van der Waals surface area contributed by atoms with Crippen LogP contribution >= 0.6 is 11.8 Å². The Bertz CT molecular complexity index is 856. The van der Waals surface area contributed by atoms with Gasteiger partial charge in [-0.25, -0.2) is 23.3 Å². The van der Waals surface area contributed by atoms with Crippen LogP contribution in [-0.2, 0) is 5.41 Å². The van der Waals surface area contributed by atoms with Gasteiger partial charge in [0, 0.05) is 5.56 Å². The first-order valence-corrected chi connectivity index (χ1v) is 8.50. The summed E-state index contributed by atoms with van der Waals surface area (Å²) in [6.07, 6.45) is 4.14. The van der Waals surface area contributed by atoms with Crippen LogP contribution in [0.15, 0.2) is 41.8 Å². The van der Waals surface area contributed by atoms with E-state index in [1.165, 1.54) is 11.8 Å². The van der Waals surface area contributed by atoms with Gasteiger partial charge in [0.2, 0.25) is 11.6 Å². The van der Waals surface area contributed by atoms with Gasteiger partial charge in [0.05, 0.1) is 17.8 Å².